The van der Waals surface area contributed by atoms with E-state index in [2.05, 4.69) is 27.9 Å². The summed E-state index contributed by atoms with van der Waals surface area (Å²) < 4.78 is 0. The minimum Gasteiger partial charge on any atom is -0.323 e. The Kier molecular flexibility index (Phi) is 5.08. The van der Waals surface area contributed by atoms with Gasteiger partial charge >= 0.3 is 0 Å². The Bertz CT molecular complexity index is 755. The van der Waals surface area contributed by atoms with Crippen LogP contribution in [0.15, 0.2) is 73.1 Å². The number of carbonyl (C=O) groups is 1. The number of thiol groups is 1. The van der Waals surface area contributed by atoms with E-state index < -0.39 is 0 Å². The normalized spacial score (nSPS) is 10.2. The number of para-hydroxylation sites is 2. The molecule has 0 atom stereocenters. The lowest BCUT2D eigenvalue weighted by molar-refractivity contribution is -0.113. The van der Waals surface area contributed by atoms with Crippen molar-refractivity contribution in [3.05, 3.63) is 73.1 Å². The average molecular weight is 336 g/mol. The number of carbonyl (C=O) groups excluding carboxylic acids is 1. The number of nitrogens with zero attached hydrogens (tertiary/aromatic N) is 3. The van der Waals surface area contributed by atoms with E-state index >= 15 is 0 Å². The number of hydrogen-bond donors (Lipinski definition) is 2. The second-order valence-electron chi connectivity index (χ2n) is 4.98. The first-order valence-corrected chi connectivity index (χ1v) is 8.04. The SMILES string of the molecule is O=C(CS)Nc1cnc(N(c2ccccc2)c2ccccc2)nc1. The fourth-order valence-electron chi connectivity index (χ4n) is 2.24. The second-order valence-corrected chi connectivity index (χ2v) is 5.30. The predicted octanol–water partition coefficient (Wildman–Crippen LogP) is 3.81. The Morgan fingerprint density at radius 1 is 0.917 bits per heavy atom. The summed E-state index contributed by atoms with van der Waals surface area (Å²) in [6, 6.07) is 19.8. The topological polar surface area (TPSA) is 58.1 Å². The zero-order chi connectivity index (χ0) is 16.8. The smallest absolute Gasteiger partial charge is 0.234 e. The molecule has 0 spiro atoms. The fourth-order valence-corrected chi connectivity index (χ4v) is 2.31. The summed E-state index contributed by atoms with van der Waals surface area (Å²) in [5.74, 6) is 0.441. The molecule has 3 rings (SSSR count). The molecule has 0 fully saturated rings. The molecule has 0 unspecified atom stereocenters. The van der Waals surface area contributed by atoms with Gasteiger partial charge in [0, 0.05) is 11.4 Å². The molecule has 1 heterocycles. The van der Waals surface area contributed by atoms with E-state index in [-0.39, 0.29) is 11.7 Å². The third kappa shape index (κ3) is 3.72. The first-order chi connectivity index (χ1) is 11.8. The molecule has 5 nitrogen and oxygen atoms in total. The van der Waals surface area contributed by atoms with E-state index in [1.807, 2.05) is 65.6 Å². The molecule has 6 heteroatoms. The molecular formula is C18H16N4OS. The van der Waals surface area contributed by atoms with Crippen LogP contribution in [0, 0.1) is 0 Å². The molecule has 24 heavy (non-hydrogen) atoms. The number of benzene rings is 2. The summed E-state index contributed by atoms with van der Waals surface area (Å²) in [4.78, 5) is 22.1. The summed E-state index contributed by atoms with van der Waals surface area (Å²) >= 11 is 3.93. The molecule has 3 aromatic rings. The highest BCUT2D eigenvalue weighted by Crippen LogP contribution is 2.31. The van der Waals surface area contributed by atoms with Crippen LogP contribution >= 0.6 is 12.6 Å². The van der Waals surface area contributed by atoms with Gasteiger partial charge in [0.2, 0.25) is 11.9 Å². The quantitative estimate of drug-likeness (QED) is 0.696. The van der Waals surface area contributed by atoms with Gasteiger partial charge in [-0.1, -0.05) is 36.4 Å². The maximum Gasteiger partial charge on any atom is 0.234 e. The highest BCUT2D eigenvalue weighted by molar-refractivity contribution is 7.81. The van der Waals surface area contributed by atoms with Gasteiger partial charge in [0.05, 0.1) is 23.8 Å². The molecule has 0 saturated carbocycles. The first kappa shape index (κ1) is 16.0. The average Bonchev–Trinajstić information content (AvgIpc) is 2.65. The number of nitrogens with one attached hydrogen (secondary N) is 1. The zero-order valence-electron chi connectivity index (χ0n) is 12.8. The maximum atomic E-state index is 11.4. The molecule has 0 saturated heterocycles. The van der Waals surface area contributed by atoms with Crippen LogP contribution in [0.3, 0.4) is 0 Å². The lowest BCUT2D eigenvalue weighted by atomic mass is 10.2. The molecule has 1 N–H and O–H groups in total. The van der Waals surface area contributed by atoms with E-state index in [9.17, 15) is 4.79 Å². The van der Waals surface area contributed by atoms with Gasteiger partial charge in [-0.05, 0) is 24.3 Å². The van der Waals surface area contributed by atoms with E-state index in [1.54, 1.807) is 12.4 Å². The first-order valence-electron chi connectivity index (χ1n) is 7.41. The highest BCUT2D eigenvalue weighted by Gasteiger charge is 2.14. The van der Waals surface area contributed by atoms with Crippen LogP contribution in [0.1, 0.15) is 0 Å². The summed E-state index contributed by atoms with van der Waals surface area (Å²) in [6.07, 6.45) is 3.17. The maximum absolute atomic E-state index is 11.4. The van der Waals surface area contributed by atoms with Gasteiger partial charge in [-0.25, -0.2) is 9.97 Å². The summed E-state index contributed by atoms with van der Waals surface area (Å²) in [5, 5.41) is 2.68. The zero-order valence-corrected chi connectivity index (χ0v) is 13.7. The minimum absolute atomic E-state index is 0.113. The van der Waals surface area contributed by atoms with Gasteiger partial charge in [-0.2, -0.15) is 12.6 Å². The Morgan fingerprint density at radius 3 is 1.88 bits per heavy atom. The Hall–Kier alpha value is -2.86. The predicted molar refractivity (Wildman–Crippen MR) is 99.2 cm³/mol. The van der Waals surface area contributed by atoms with Crippen molar-refractivity contribution in [1.82, 2.24) is 9.97 Å². The molecular weight excluding hydrogens is 320 g/mol. The summed E-state index contributed by atoms with van der Waals surface area (Å²) in [7, 11) is 0. The molecule has 120 valence electrons. The second kappa shape index (κ2) is 7.61. The van der Waals surface area contributed by atoms with Crippen LogP contribution in [-0.2, 0) is 4.79 Å². The van der Waals surface area contributed by atoms with E-state index in [0.717, 1.165) is 11.4 Å². The van der Waals surface area contributed by atoms with Gasteiger partial charge in [0.15, 0.2) is 0 Å². The fraction of sp³-hybridized carbons (Fsp3) is 0.0556. The lowest BCUT2D eigenvalue weighted by Crippen LogP contribution is -2.15. The Morgan fingerprint density at radius 2 is 1.42 bits per heavy atom. The van der Waals surface area contributed by atoms with Crippen molar-refractivity contribution in [2.24, 2.45) is 0 Å². The Labute approximate surface area is 145 Å². The monoisotopic (exact) mass is 336 g/mol. The van der Waals surface area contributed by atoms with Crippen molar-refractivity contribution >= 4 is 41.5 Å². The lowest BCUT2D eigenvalue weighted by Gasteiger charge is -2.22. The van der Waals surface area contributed by atoms with Crippen molar-refractivity contribution in [2.45, 2.75) is 0 Å². The van der Waals surface area contributed by atoms with E-state index in [4.69, 9.17) is 0 Å². The van der Waals surface area contributed by atoms with Crippen LogP contribution in [0.4, 0.5) is 23.0 Å². The van der Waals surface area contributed by atoms with Crippen LogP contribution < -0.4 is 10.2 Å². The third-order valence-electron chi connectivity index (χ3n) is 3.29. The van der Waals surface area contributed by atoms with Crippen LogP contribution in [-0.4, -0.2) is 21.6 Å². The van der Waals surface area contributed by atoms with Crippen molar-refractivity contribution in [2.75, 3.05) is 16.0 Å². The molecule has 0 aliphatic heterocycles. The molecule has 0 aliphatic carbocycles. The molecule has 0 aliphatic rings. The minimum atomic E-state index is -0.197. The van der Waals surface area contributed by atoms with Gasteiger partial charge < -0.3 is 5.32 Å². The van der Waals surface area contributed by atoms with Crippen molar-refractivity contribution in [1.29, 1.82) is 0 Å². The molecule has 0 radical (unpaired) electrons. The number of rotatable bonds is 5. The summed E-state index contributed by atoms with van der Waals surface area (Å²) in [5.41, 5.74) is 2.45. The van der Waals surface area contributed by atoms with Crippen LogP contribution in [0.5, 0.6) is 0 Å². The Balaban J connectivity index is 1.96. The number of hydrogen-bond acceptors (Lipinski definition) is 5. The standard InChI is InChI=1S/C18H16N4OS/c23-17(13-24)21-14-11-19-18(20-12-14)22(15-7-3-1-4-8-15)16-9-5-2-6-10-16/h1-12,24H,13H2,(H,21,23). The van der Waals surface area contributed by atoms with Crippen molar-refractivity contribution in [3.8, 4) is 0 Å². The molecule has 2 aromatic carbocycles. The van der Waals surface area contributed by atoms with Gasteiger partial charge in [-0.3, -0.25) is 9.69 Å². The van der Waals surface area contributed by atoms with Crippen molar-refractivity contribution < 1.29 is 4.79 Å². The third-order valence-corrected chi connectivity index (χ3v) is 3.58. The largest absolute Gasteiger partial charge is 0.323 e. The molecule has 1 amide bonds. The van der Waals surface area contributed by atoms with Gasteiger partial charge in [0.25, 0.3) is 0 Å². The molecule has 1 aromatic heterocycles. The van der Waals surface area contributed by atoms with E-state index in [1.165, 1.54) is 0 Å². The van der Waals surface area contributed by atoms with Gasteiger partial charge in [-0.15, -0.1) is 0 Å². The van der Waals surface area contributed by atoms with Crippen LogP contribution in [0.2, 0.25) is 0 Å². The number of anilines is 4. The number of aromatic nitrogens is 2. The summed E-state index contributed by atoms with van der Waals surface area (Å²) in [6.45, 7) is 0. The van der Waals surface area contributed by atoms with Crippen LogP contribution in [0.25, 0.3) is 0 Å². The van der Waals surface area contributed by atoms with Gasteiger partial charge in [0.1, 0.15) is 0 Å². The molecule has 0 bridgehead atoms. The van der Waals surface area contributed by atoms with E-state index in [0.29, 0.717) is 11.6 Å². The number of amides is 1. The highest BCUT2D eigenvalue weighted by atomic mass is 32.1. The van der Waals surface area contributed by atoms with Crippen molar-refractivity contribution in [3.63, 3.8) is 0 Å².